The monoisotopic (exact) mass is 333 g/mol. The number of anilines is 2. The predicted molar refractivity (Wildman–Crippen MR) is 97.5 cm³/mol. The van der Waals surface area contributed by atoms with Crippen molar-refractivity contribution in [1.29, 1.82) is 0 Å². The smallest absolute Gasteiger partial charge is 0.243 e. The number of hydrogen-bond acceptors (Lipinski definition) is 4. The minimum Gasteiger partial charge on any atom is -0.361 e. The molecule has 25 heavy (non-hydrogen) atoms. The molecule has 0 saturated carbocycles. The number of nitrogens with zero attached hydrogens (tertiary/aromatic N) is 2. The van der Waals surface area contributed by atoms with Gasteiger partial charge in [0.05, 0.1) is 23.6 Å². The lowest BCUT2D eigenvalue weighted by molar-refractivity contribution is -0.115. The third kappa shape index (κ3) is 2.89. The number of nitrogens with one attached hydrogen (secondary N) is 1. The van der Waals surface area contributed by atoms with Crippen LogP contribution in [0.2, 0.25) is 0 Å². The largest absolute Gasteiger partial charge is 0.361 e. The highest BCUT2D eigenvalue weighted by molar-refractivity contribution is 6.02. The van der Waals surface area contributed by atoms with Gasteiger partial charge in [-0.1, -0.05) is 41.6 Å². The van der Waals surface area contributed by atoms with Crippen molar-refractivity contribution < 1.29 is 9.32 Å². The molecule has 0 bridgehead atoms. The van der Waals surface area contributed by atoms with E-state index >= 15 is 0 Å². The van der Waals surface area contributed by atoms with Gasteiger partial charge in [0.15, 0.2) is 0 Å². The van der Waals surface area contributed by atoms with Crippen molar-refractivity contribution >= 4 is 17.3 Å². The van der Waals surface area contributed by atoms with E-state index in [2.05, 4.69) is 33.6 Å². The van der Waals surface area contributed by atoms with Crippen molar-refractivity contribution in [1.82, 2.24) is 5.16 Å². The number of rotatable bonds is 3. The Labute approximate surface area is 146 Å². The lowest BCUT2D eigenvalue weighted by Crippen LogP contribution is -2.37. The van der Waals surface area contributed by atoms with Crippen molar-refractivity contribution in [2.45, 2.75) is 20.4 Å². The molecular weight excluding hydrogens is 314 g/mol. The van der Waals surface area contributed by atoms with E-state index < -0.39 is 0 Å². The quantitative estimate of drug-likeness (QED) is 0.789. The van der Waals surface area contributed by atoms with Gasteiger partial charge in [0.2, 0.25) is 5.91 Å². The maximum atomic E-state index is 12.1. The normalized spacial score (nSPS) is 13.5. The van der Waals surface area contributed by atoms with Crippen LogP contribution < -0.4 is 10.2 Å². The molecule has 4 rings (SSSR count). The molecule has 0 unspecified atom stereocenters. The Kier molecular flexibility index (Phi) is 3.76. The third-order valence-corrected chi connectivity index (χ3v) is 4.49. The van der Waals surface area contributed by atoms with Crippen LogP contribution >= 0.6 is 0 Å². The van der Waals surface area contributed by atoms with E-state index in [0.717, 1.165) is 34.0 Å². The van der Waals surface area contributed by atoms with Crippen LogP contribution in [0.25, 0.3) is 11.1 Å². The van der Waals surface area contributed by atoms with Crippen LogP contribution in [0.3, 0.4) is 0 Å². The van der Waals surface area contributed by atoms with E-state index in [-0.39, 0.29) is 5.91 Å². The molecule has 1 aliphatic rings. The molecular formula is C20H19N3O2. The Balaban J connectivity index is 1.75. The Morgan fingerprint density at radius 3 is 2.68 bits per heavy atom. The molecule has 5 heteroatoms. The van der Waals surface area contributed by atoms with Crippen molar-refractivity contribution in [2.24, 2.45) is 0 Å². The Morgan fingerprint density at radius 2 is 1.96 bits per heavy atom. The first-order valence-corrected chi connectivity index (χ1v) is 8.28. The number of carbonyl (C=O) groups is 1. The van der Waals surface area contributed by atoms with Crippen LogP contribution in [-0.2, 0) is 11.3 Å². The highest BCUT2D eigenvalue weighted by Crippen LogP contribution is 2.36. The van der Waals surface area contributed by atoms with E-state index in [1.54, 1.807) is 0 Å². The summed E-state index contributed by atoms with van der Waals surface area (Å²) in [5.41, 5.74) is 5.95. The molecule has 2 heterocycles. The molecule has 2 aromatic carbocycles. The lowest BCUT2D eigenvalue weighted by atomic mass is 10.0. The summed E-state index contributed by atoms with van der Waals surface area (Å²) in [6.07, 6.45) is 0. The summed E-state index contributed by atoms with van der Waals surface area (Å²) in [4.78, 5) is 14.2. The number of benzene rings is 2. The summed E-state index contributed by atoms with van der Waals surface area (Å²) in [5.74, 6) is 0.806. The molecule has 0 fully saturated rings. The standard InChI is InChI=1S/C20H19N3O2/c1-13-20(14(2)25-22-13)16-8-9-17-18(10-16)23(12-19(24)21-17)11-15-6-4-3-5-7-15/h3-10H,11-12H2,1-2H3,(H,21,24). The molecule has 1 amide bonds. The third-order valence-electron chi connectivity index (χ3n) is 4.49. The molecule has 1 N–H and O–H groups in total. The summed E-state index contributed by atoms with van der Waals surface area (Å²) < 4.78 is 5.30. The maximum Gasteiger partial charge on any atom is 0.243 e. The first-order chi connectivity index (χ1) is 12.1. The molecule has 0 spiro atoms. The minimum atomic E-state index is 0.00789. The summed E-state index contributed by atoms with van der Waals surface area (Å²) in [5, 5.41) is 7.00. The fourth-order valence-corrected chi connectivity index (χ4v) is 3.34. The van der Waals surface area contributed by atoms with Crippen LogP contribution in [0.15, 0.2) is 53.1 Å². The van der Waals surface area contributed by atoms with Gasteiger partial charge >= 0.3 is 0 Å². The molecule has 0 radical (unpaired) electrons. The Morgan fingerprint density at radius 1 is 1.16 bits per heavy atom. The summed E-state index contributed by atoms with van der Waals surface area (Å²) >= 11 is 0. The topological polar surface area (TPSA) is 58.4 Å². The van der Waals surface area contributed by atoms with Gasteiger partial charge in [-0.3, -0.25) is 4.79 Å². The first-order valence-electron chi connectivity index (χ1n) is 8.28. The van der Waals surface area contributed by atoms with Crippen LogP contribution in [0, 0.1) is 13.8 Å². The van der Waals surface area contributed by atoms with E-state index in [4.69, 9.17) is 4.52 Å². The molecule has 3 aromatic rings. The van der Waals surface area contributed by atoms with Gasteiger partial charge in [-0.2, -0.15) is 0 Å². The van der Waals surface area contributed by atoms with Gasteiger partial charge in [0.1, 0.15) is 5.76 Å². The van der Waals surface area contributed by atoms with Crippen LogP contribution in [0.5, 0.6) is 0 Å². The second-order valence-corrected chi connectivity index (χ2v) is 6.32. The molecule has 0 atom stereocenters. The van der Waals surface area contributed by atoms with E-state index in [1.807, 2.05) is 44.2 Å². The minimum absolute atomic E-state index is 0.00789. The van der Waals surface area contributed by atoms with Crippen molar-refractivity contribution in [3.63, 3.8) is 0 Å². The average Bonchev–Trinajstić information content (AvgIpc) is 2.94. The number of aromatic nitrogens is 1. The fourth-order valence-electron chi connectivity index (χ4n) is 3.34. The second kappa shape index (κ2) is 6.09. The van der Waals surface area contributed by atoms with Gasteiger partial charge < -0.3 is 14.7 Å². The highest BCUT2D eigenvalue weighted by atomic mass is 16.5. The van der Waals surface area contributed by atoms with Gasteiger partial charge in [-0.05, 0) is 37.1 Å². The molecule has 0 aliphatic carbocycles. The Hall–Kier alpha value is -3.08. The zero-order chi connectivity index (χ0) is 17.4. The van der Waals surface area contributed by atoms with Crippen LogP contribution in [0.1, 0.15) is 17.0 Å². The van der Waals surface area contributed by atoms with E-state index in [9.17, 15) is 4.79 Å². The molecule has 0 saturated heterocycles. The van der Waals surface area contributed by atoms with Crippen molar-refractivity contribution in [3.05, 3.63) is 65.5 Å². The summed E-state index contributed by atoms with van der Waals surface area (Å²) in [7, 11) is 0. The average molecular weight is 333 g/mol. The maximum absolute atomic E-state index is 12.1. The first kappa shape index (κ1) is 15.4. The summed E-state index contributed by atoms with van der Waals surface area (Å²) in [6, 6.07) is 16.2. The van der Waals surface area contributed by atoms with E-state index in [0.29, 0.717) is 13.1 Å². The van der Waals surface area contributed by atoms with Gasteiger partial charge in [-0.25, -0.2) is 0 Å². The van der Waals surface area contributed by atoms with Crippen LogP contribution in [-0.4, -0.2) is 17.6 Å². The number of hydrogen-bond donors (Lipinski definition) is 1. The van der Waals surface area contributed by atoms with Gasteiger partial charge in [0.25, 0.3) is 0 Å². The van der Waals surface area contributed by atoms with Crippen LogP contribution in [0.4, 0.5) is 11.4 Å². The van der Waals surface area contributed by atoms with Crippen molar-refractivity contribution in [3.8, 4) is 11.1 Å². The van der Waals surface area contributed by atoms with Gasteiger partial charge in [-0.15, -0.1) is 0 Å². The summed E-state index contributed by atoms with van der Waals surface area (Å²) in [6.45, 7) is 4.88. The Bertz CT molecular complexity index is 912. The lowest BCUT2D eigenvalue weighted by Gasteiger charge is -2.31. The van der Waals surface area contributed by atoms with Crippen molar-refractivity contribution in [2.75, 3.05) is 16.8 Å². The van der Waals surface area contributed by atoms with E-state index in [1.165, 1.54) is 5.56 Å². The zero-order valence-corrected chi connectivity index (χ0v) is 14.2. The van der Waals surface area contributed by atoms with Gasteiger partial charge in [0, 0.05) is 12.1 Å². The SMILES string of the molecule is Cc1noc(C)c1-c1ccc2c(c1)N(Cc1ccccc1)CC(=O)N2. The second-order valence-electron chi connectivity index (χ2n) is 6.32. The molecule has 5 nitrogen and oxygen atoms in total. The highest BCUT2D eigenvalue weighted by Gasteiger charge is 2.23. The number of amides is 1. The predicted octanol–water partition coefficient (Wildman–Crippen LogP) is 3.92. The fraction of sp³-hybridized carbons (Fsp3) is 0.200. The number of carbonyl (C=O) groups excluding carboxylic acids is 1. The number of aryl methyl sites for hydroxylation is 2. The zero-order valence-electron chi connectivity index (χ0n) is 14.2. The number of fused-ring (bicyclic) bond motifs is 1. The molecule has 1 aliphatic heterocycles. The molecule has 126 valence electrons. The molecule has 1 aromatic heterocycles.